The van der Waals surface area contributed by atoms with Crippen molar-refractivity contribution in [1.29, 1.82) is 0 Å². The van der Waals surface area contributed by atoms with Crippen LogP contribution in [0.5, 0.6) is 0 Å². The Labute approximate surface area is 84.2 Å². The highest BCUT2D eigenvalue weighted by Gasteiger charge is 2.23. The molecule has 0 aromatic carbocycles. The third kappa shape index (κ3) is 4.39. The minimum Gasteiger partial charge on any atom is -0.465 e. The van der Waals surface area contributed by atoms with Crippen molar-refractivity contribution >= 4 is 5.97 Å². The first-order valence-electron chi connectivity index (χ1n) is 4.79. The second-order valence-electron chi connectivity index (χ2n) is 2.86. The van der Waals surface area contributed by atoms with Crippen LogP contribution in [0.3, 0.4) is 0 Å². The van der Waals surface area contributed by atoms with Crippen LogP contribution in [0.15, 0.2) is 12.2 Å². The number of carbonyl (C=O) groups excluding carboxylic acids is 1. The molecular formula is C10H18O4. The van der Waals surface area contributed by atoms with Gasteiger partial charge in [0.25, 0.3) is 0 Å². The molecule has 0 bridgehead atoms. The van der Waals surface area contributed by atoms with Gasteiger partial charge in [-0.1, -0.05) is 19.1 Å². The van der Waals surface area contributed by atoms with Crippen LogP contribution < -0.4 is 0 Å². The fraction of sp³-hybridized carbons (Fsp3) is 0.700. The normalized spacial score (nSPS) is 15.4. The minimum absolute atomic E-state index is 0.146. The molecule has 4 nitrogen and oxygen atoms in total. The molecule has 0 heterocycles. The van der Waals surface area contributed by atoms with Crippen molar-refractivity contribution in [2.24, 2.45) is 5.92 Å². The molecule has 0 saturated carbocycles. The first-order chi connectivity index (χ1) is 6.67. The van der Waals surface area contributed by atoms with E-state index in [2.05, 4.69) is 0 Å². The van der Waals surface area contributed by atoms with E-state index in [-0.39, 0.29) is 6.61 Å². The van der Waals surface area contributed by atoms with Gasteiger partial charge in [0, 0.05) is 0 Å². The van der Waals surface area contributed by atoms with Crippen molar-refractivity contribution in [3.8, 4) is 0 Å². The Morgan fingerprint density at radius 2 is 2.14 bits per heavy atom. The van der Waals surface area contributed by atoms with Gasteiger partial charge in [0.2, 0.25) is 0 Å². The molecule has 82 valence electrons. The van der Waals surface area contributed by atoms with Crippen molar-refractivity contribution in [2.45, 2.75) is 26.4 Å². The lowest BCUT2D eigenvalue weighted by atomic mass is 10.00. The van der Waals surface area contributed by atoms with Crippen LogP contribution in [0.1, 0.15) is 20.3 Å². The SMILES string of the molecule is CCOC(=O)[C@@H](/C=C/CO)[C@@H](O)CC. The molecule has 0 saturated heterocycles. The first-order valence-corrected chi connectivity index (χ1v) is 4.79. The van der Waals surface area contributed by atoms with Gasteiger partial charge in [-0.3, -0.25) is 4.79 Å². The molecule has 0 aromatic heterocycles. The second-order valence-corrected chi connectivity index (χ2v) is 2.86. The quantitative estimate of drug-likeness (QED) is 0.486. The smallest absolute Gasteiger partial charge is 0.315 e. The van der Waals surface area contributed by atoms with Gasteiger partial charge in [-0.25, -0.2) is 0 Å². The Bertz CT molecular complexity index is 189. The van der Waals surface area contributed by atoms with Gasteiger partial charge < -0.3 is 14.9 Å². The van der Waals surface area contributed by atoms with E-state index in [1.165, 1.54) is 12.2 Å². The highest BCUT2D eigenvalue weighted by molar-refractivity contribution is 5.75. The highest BCUT2D eigenvalue weighted by atomic mass is 16.5. The van der Waals surface area contributed by atoms with Crippen molar-refractivity contribution in [1.82, 2.24) is 0 Å². The minimum atomic E-state index is -0.753. The zero-order chi connectivity index (χ0) is 11.0. The lowest BCUT2D eigenvalue weighted by molar-refractivity contribution is -0.149. The lowest BCUT2D eigenvalue weighted by Gasteiger charge is -2.16. The molecule has 0 aliphatic carbocycles. The van der Waals surface area contributed by atoms with Crippen LogP contribution in [-0.2, 0) is 9.53 Å². The number of aliphatic hydroxyl groups is 2. The summed E-state index contributed by atoms with van der Waals surface area (Å²) in [5.74, 6) is -1.13. The Balaban J connectivity index is 4.37. The molecule has 0 radical (unpaired) electrons. The van der Waals surface area contributed by atoms with Crippen molar-refractivity contribution in [3.63, 3.8) is 0 Å². The molecule has 0 aliphatic rings. The van der Waals surface area contributed by atoms with Crippen molar-refractivity contribution < 1.29 is 19.7 Å². The van der Waals surface area contributed by atoms with Gasteiger partial charge in [-0.05, 0) is 13.3 Å². The van der Waals surface area contributed by atoms with Crippen LogP contribution in [0.25, 0.3) is 0 Å². The van der Waals surface area contributed by atoms with E-state index in [0.717, 1.165) is 0 Å². The molecule has 0 rings (SSSR count). The summed E-state index contributed by atoms with van der Waals surface area (Å²) in [4.78, 5) is 11.3. The molecule has 0 fully saturated rings. The van der Waals surface area contributed by atoms with Crippen LogP contribution in [0.2, 0.25) is 0 Å². The van der Waals surface area contributed by atoms with E-state index in [0.29, 0.717) is 13.0 Å². The van der Waals surface area contributed by atoms with Gasteiger partial charge in [0.15, 0.2) is 0 Å². The van der Waals surface area contributed by atoms with E-state index >= 15 is 0 Å². The Morgan fingerprint density at radius 3 is 2.57 bits per heavy atom. The Kier molecular flexibility index (Phi) is 7.06. The number of esters is 1. The summed E-state index contributed by atoms with van der Waals surface area (Å²) in [6.45, 7) is 3.64. The summed E-state index contributed by atoms with van der Waals surface area (Å²) in [6.07, 6.45) is 2.63. The van der Waals surface area contributed by atoms with Crippen LogP contribution in [0, 0.1) is 5.92 Å². The molecule has 14 heavy (non-hydrogen) atoms. The number of carbonyl (C=O) groups is 1. The van der Waals surface area contributed by atoms with Crippen LogP contribution >= 0.6 is 0 Å². The molecule has 0 amide bonds. The van der Waals surface area contributed by atoms with E-state index in [4.69, 9.17) is 9.84 Å². The molecule has 2 atom stereocenters. The van der Waals surface area contributed by atoms with Crippen LogP contribution in [-0.4, -0.2) is 35.5 Å². The van der Waals surface area contributed by atoms with Gasteiger partial charge >= 0.3 is 5.97 Å². The predicted octanol–water partition coefficient (Wildman–Crippen LogP) is 0.485. The van der Waals surface area contributed by atoms with Gasteiger partial charge in [0.05, 0.1) is 19.3 Å². The standard InChI is InChI=1S/C10H18O4/c1-3-9(12)8(6-5-7-11)10(13)14-4-2/h5-6,8-9,11-12H,3-4,7H2,1-2H3/b6-5+/t8-,9-/m0/s1. The van der Waals surface area contributed by atoms with Gasteiger partial charge in [-0.2, -0.15) is 0 Å². The summed E-state index contributed by atoms with van der Waals surface area (Å²) >= 11 is 0. The summed E-state index contributed by atoms with van der Waals surface area (Å²) in [5.41, 5.74) is 0. The third-order valence-electron chi connectivity index (χ3n) is 1.84. The summed E-state index contributed by atoms with van der Waals surface area (Å²) in [7, 11) is 0. The van der Waals surface area contributed by atoms with Crippen molar-refractivity contribution in [3.05, 3.63) is 12.2 Å². The summed E-state index contributed by atoms with van der Waals surface area (Å²) in [6, 6.07) is 0. The molecular weight excluding hydrogens is 184 g/mol. The van der Waals surface area contributed by atoms with Crippen molar-refractivity contribution in [2.75, 3.05) is 13.2 Å². The van der Waals surface area contributed by atoms with E-state index in [9.17, 15) is 9.90 Å². The zero-order valence-electron chi connectivity index (χ0n) is 8.64. The molecule has 0 spiro atoms. The molecule has 4 heteroatoms. The van der Waals surface area contributed by atoms with Gasteiger partial charge in [0.1, 0.15) is 5.92 Å². The highest BCUT2D eigenvalue weighted by Crippen LogP contribution is 2.11. The second kappa shape index (κ2) is 7.53. The molecule has 0 unspecified atom stereocenters. The topological polar surface area (TPSA) is 66.8 Å². The number of ether oxygens (including phenoxy) is 1. The predicted molar refractivity (Wildman–Crippen MR) is 52.6 cm³/mol. The Morgan fingerprint density at radius 1 is 1.50 bits per heavy atom. The molecule has 0 aliphatic heterocycles. The van der Waals surface area contributed by atoms with E-state index < -0.39 is 18.0 Å². The maximum Gasteiger partial charge on any atom is 0.315 e. The molecule has 2 N–H and O–H groups in total. The van der Waals surface area contributed by atoms with E-state index in [1.54, 1.807) is 13.8 Å². The van der Waals surface area contributed by atoms with Gasteiger partial charge in [-0.15, -0.1) is 0 Å². The monoisotopic (exact) mass is 202 g/mol. The average Bonchev–Trinajstić information content (AvgIpc) is 2.18. The number of hydrogen-bond donors (Lipinski definition) is 2. The fourth-order valence-corrected chi connectivity index (χ4v) is 1.06. The number of hydrogen-bond acceptors (Lipinski definition) is 4. The lowest BCUT2D eigenvalue weighted by Crippen LogP contribution is -2.28. The maximum atomic E-state index is 11.3. The fourth-order valence-electron chi connectivity index (χ4n) is 1.06. The first kappa shape index (κ1) is 13.1. The largest absolute Gasteiger partial charge is 0.465 e. The Hall–Kier alpha value is -0.870. The maximum absolute atomic E-state index is 11.3. The molecule has 0 aromatic rings. The average molecular weight is 202 g/mol. The third-order valence-corrected chi connectivity index (χ3v) is 1.84. The number of rotatable bonds is 6. The number of aliphatic hydroxyl groups excluding tert-OH is 2. The summed E-state index contributed by atoms with van der Waals surface area (Å²) in [5, 5.41) is 18.1. The van der Waals surface area contributed by atoms with E-state index in [1.807, 2.05) is 0 Å². The zero-order valence-corrected chi connectivity index (χ0v) is 8.64. The summed E-state index contributed by atoms with van der Waals surface area (Å²) < 4.78 is 4.79. The van der Waals surface area contributed by atoms with Crippen LogP contribution in [0.4, 0.5) is 0 Å².